The number of thiazole rings is 1. The first kappa shape index (κ1) is 28.5. The maximum Gasteiger partial charge on any atom is 0.229 e. The van der Waals surface area contributed by atoms with Crippen molar-refractivity contribution in [1.82, 2.24) is 19.9 Å². The molecule has 2 aromatic heterocycles. The van der Waals surface area contributed by atoms with Crippen LogP contribution >= 0.6 is 34.4 Å². The molecule has 9 nitrogen and oxygen atoms in total. The lowest BCUT2D eigenvalue weighted by molar-refractivity contribution is 0.312. The topological polar surface area (TPSA) is 95.5 Å². The molecule has 4 aromatic rings. The Balaban J connectivity index is 1.42. The number of nitrogens with one attached hydrogen (secondary N) is 2. The Kier molecular flexibility index (Phi) is 8.47. The number of halogens is 1. The quantitative estimate of drug-likeness (QED) is 0.219. The van der Waals surface area contributed by atoms with Gasteiger partial charge in [0.15, 0.2) is 0 Å². The molecule has 0 atom stereocenters. The molecule has 40 heavy (non-hydrogen) atoms. The van der Waals surface area contributed by atoms with E-state index < -0.39 is 7.14 Å². The van der Waals surface area contributed by atoms with Gasteiger partial charge < -0.3 is 29.7 Å². The monoisotopic (exact) mass is 641 g/mol. The Morgan fingerprint density at radius 1 is 1.05 bits per heavy atom. The third-order valence-corrected chi connectivity index (χ3v) is 9.80. The summed E-state index contributed by atoms with van der Waals surface area (Å²) in [5, 5.41) is 10.3. The SMILES string of the molecule is COc1cc(N2CCN(C)CC2)c(C)cc1Nc1ncc(Br)c(Nc2ccc(-c3nccs3)cc2P(C)(C)=O)n1. The number of likely N-dealkylation sites (N-methyl/N-ethyl adjacent to an activating group) is 1. The molecular weight excluding hydrogens is 609 g/mol. The number of benzene rings is 2. The minimum Gasteiger partial charge on any atom is -0.494 e. The van der Waals surface area contributed by atoms with Crippen molar-refractivity contribution in [1.29, 1.82) is 0 Å². The molecule has 0 radical (unpaired) electrons. The van der Waals surface area contributed by atoms with Gasteiger partial charge in [-0.15, -0.1) is 11.3 Å². The van der Waals surface area contributed by atoms with Crippen molar-refractivity contribution >= 4 is 68.5 Å². The average molecular weight is 643 g/mol. The molecule has 0 amide bonds. The predicted molar refractivity (Wildman–Crippen MR) is 170 cm³/mol. The fourth-order valence-corrected chi connectivity index (χ4v) is 6.76. The number of methoxy groups -OCH3 is 1. The van der Waals surface area contributed by atoms with E-state index in [1.165, 1.54) is 5.69 Å². The molecule has 210 valence electrons. The second-order valence-electron chi connectivity index (χ2n) is 10.2. The molecule has 1 saturated heterocycles. The zero-order valence-electron chi connectivity index (χ0n) is 23.2. The number of piperazine rings is 1. The van der Waals surface area contributed by atoms with Crippen molar-refractivity contribution in [3.8, 4) is 16.3 Å². The molecule has 12 heteroatoms. The van der Waals surface area contributed by atoms with Gasteiger partial charge in [0.1, 0.15) is 23.7 Å². The molecule has 0 saturated carbocycles. The number of ether oxygens (including phenoxy) is 1. The van der Waals surface area contributed by atoms with Crippen LogP contribution in [0, 0.1) is 6.92 Å². The molecule has 1 aliphatic rings. The Labute approximate surface area is 247 Å². The molecule has 1 aliphatic heterocycles. The lowest BCUT2D eigenvalue weighted by atomic mass is 10.1. The minimum atomic E-state index is -2.62. The van der Waals surface area contributed by atoms with Crippen molar-refractivity contribution in [2.45, 2.75) is 6.92 Å². The van der Waals surface area contributed by atoms with Gasteiger partial charge in [-0.25, -0.2) is 9.97 Å². The van der Waals surface area contributed by atoms with Crippen molar-refractivity contribution in [3.05, 3.63) is 58.1 Å². The lowest BCUT2D eigenvalue weighted by Crippen LogP contribution is -2.44. The molecule has 0 unspecified atom stereocenters. The second kappa shape index (κ2) is 11.9. The molecule has 2 aromatic carbocycles. The van der Waals surface area contributed by atoms with Gasteiger partial charge in [0.05, 0.1) is 23.0 Å². The second-order valence-corrected chi connectivity index (χ2v) is 15.1. The third kappa shape index (κ3) is 6.33. The largest absolute Gasteiger partial charge is 0.494 e. The number of hydrogen-bond donors (Lipinski definition) is 2. The zero-order chi connectivity index (χ0) is 28.4. The van der Waals surface area contributed by atoms with Crippen LogP contribution in [-0.4, -0.2) is 73.5 Å². The summed E-state index contributed by atoms with van der Waals surface area (Å²) in [6.45, 7) is 9.67. The summed E-state index contributed by atoms with van der Waals surface area (Å²) in [7, 11) is 1.20. The smallest absolute Gasteiger partial charge is 0.229 e. The Morgan fingerprint density at radius 3 is 2.50 bits per heavy atom. The van der Waals surface area contributed by atoms with E-state index in [4.69, 9.17) is 9.72 Å². The number of aromatic nitrogens is 3. The van der Waals surface area contributed by atoms with E-state index in [9.17, 15) is 4.57 Å². The van der Waals surface area contributed by atoms with E-state index in [1.54, 1.807) is 44.2 Å². The number of nitrogens with zero attached hydrogens (tertiary/aromatic N) is 5. The summed E-state index contributed by atoms with van der Waals surface area (Å²) in [5.41, 5.74) is 4.77. The van der Waals surface area contributed by atoms with Gasteiger partial charge in [-0.2, -0.15) is 4.98 Å². The summed E-state index contributed by atoms with van der Waals surface area (Å²) in [4.78, 5) is 18.4. The molecule has 0 aliphatic carbocycles. The van der Waals surface area contributed by atoms with Gasteiger partial charge in [0.2, 0.25) is 5.95 Å². The molecule has 3 heterocycles. The van der Waals surface area contributed by atoms with Gasteiger partial charge in [0, 0.05) is 66.6 Å². The molecule has 0 spiro atoms. The fraction of sp³-hybridized carbons (Fsp3) is 0.321. The third-order valence-electron chi connectivity index (χ3n) is 6.86. The molecule has 0 bridgehead atoms. The molecular formula is C28H33BrN7O2PS. The van der Waals surface area contributed by atoms with E-state index in [2.05, 4.69) is 72.4 Å². The van der Waals surface area contributed by atoms with Crippen LogP contribution in [0.4, 0.5) is 28.8 Å². The maximum absolute atomic E-state index is 13.3. The highest BCUT2D eigenvalue weighted by atomic mass is 79.9. The lowest BCUT2D eigenvalue weighted by Gasteiger charge is -2.35. The summed E-state index contributed by atoms with van der Waals surface area (Å²) in [6.07, 6.45) is 3.46. The van der Waals surface area contributed by atoms with Gasteiger partial charge in [0.25, 0.3) is 0 Å². The first-order valence-corrected chi connectivity index (χ1v) is 17.2. The van der Waals surface area contributed by atoms with Crippen molar-refractivity contribution in [3.63, 3.8) is 0 Å². The summed E-state index contributed by atoms with van der Waals surface area (Å²) in [6, 6.07) is 10.0. The first-order valence-electron chi connectivity index (χ1n) is 12.9. The van der Waals surface area contributed by atoms with E-state index in [1.807, 2.05) is 23.6 Å². The normalized spacial score (nSPS) is 14.3. The van der Waals surface area contributed by atoms with Crippen molar-refractivity contribution < 1.29 is 9.30 Å². The van der Waals surface area contributed by atoms with E-state index in [0.717, 1.165) is 64.7 Å². The van der Waals surface area contributed by atoms with Crippen LogP contribution in [0.15, 0.2) is 52.6 Å². The Morgan fingerprint density at radius 2 is 1.82 bits per heavy atom. The zero-order valence-corrected chi connectivity index (χ0v) is 26.5. The van der Waals surface area contributed by atoms with Crippen LogP contribution < -0.4 is 25.6 Å². The molecule has 5 rings (SSSR count). The fourth-order valence-electron chi connectivity index (χ4n) is 4.68. The van der Waals surface area contributed by atoms with Crippen LogP contribution in [-0.2, 0) is 4.57 Å². The van der Waals surface area contributed by atoms with Crippen molar-refractivity contribution in [2.75, 3.05) is 69.2 Å². The van der Waals surface area contributed by atoms with Crippen LogP contribution in [0.3, 0.4) is 0 Å². The summed E-state index contributed by atoms with van der Waals surface area (Å²) in [5.74, 6) is 1.69. The van der Waals surface area contributed by atoms with Crippen LogP contribution in [0.25, 0.3) is 10.6 Å². The minimum absolute atomic E-state index is 0.410. The van der Waals surface area contributed by atoms with Gasteiger partial charge in [-0.3, -0.25) is 0 Å². The highest BCUT2D eigenvalue weighted by Gasteiger charge is 2.21. The number of hydrogen-bond acceptors (Lipinski definition) is 10. The van der Waals surface area contributed by atoms with E-state index >= 15 is 0 Å². The summed E-state index contributed by atoms with van der Waals surface area (Å²) >= 11 is 5.12. The van der Waals surface area contributed by atoms with Crippen LogP contribution in [0.1, 0.15) is 5.56 Å². The highest BCUT2D eigenvalue weighted by Crippen LogP contribution is 2.41. The summed E-state index contributed by atoms with van der Waals surface area (Å²) < 4.78 is 19.7. The predicted octanol–water partition coefficient (Wildman–Crippen LogP) is 6.17. The van der Waals surface area contributed by atoms with E-state index in [-0.39, 0.29) is 0 Å². The van der Waals surface area contributed by atoms with Gasteiger partial charge in [-0.05, 0) is 73.1 Å². The number of rotatable bonds is 8. The molecule has 1 fully saturated rings. The Hall–Kier alpha value is -2.98. The standard InChI is InChI=1S/C28H33BrN7O2PS/c1-18-14-22(24(38-3)16-23(18)36-11-9-35(2)10-12-36)33-28-31-17-20(29)26(34-28)32-21-7-6-19(27-30-8-13-40-27)15-25(21)39(4,5)37/h6-8,13-17H,9-12H2,1-5H3,(H2,31,32,33,34). The number of anilines is 5. The van der Waals surface area contributed by atoms with Gasteiger partial charge >= 0.3 is 0 Å². The number of aryl methyl sites for hydroxylation is 1. The Bertz CT molecular complexity index is 1550. The van der Waals surface area contributed by atoms with Crippen LogP contribution in [0.5, 0.6) is 5.75 Å². The average Bonchev–Trinajstić information content (AvgIpc) is 3.46. The van der Waals surface area contributed by atoms with Crippen molar-refractivity contribution in [2.24, 2.45) is 0 Å². The van der Waals surface area contributed by atoms with E-state index in [0.29, 0.717) is 16.2 Å². The first-order chi connectivity index (χ1) is 19.1. The molecule has 2 N–H and O–H groups in total. The highest BCUT2D eigenvalue weighted by molar-refractivity contribution is 9.10. The van der Waals surface area contributed by atoms with Gasteiger partial charge in [-0.1, -0.05) is 0 Å². The maximum atomic E-state index is 13.3. The van der Waals surface area contributed by atoms with Crippen LogP contribution in [0.2, 0.25) is 0 Å².